The molecule has 0 heterocycles. The summed E-state index contributed by atoms with van der Waals surface area (Å²) in [5.41, 5.74) is 6.52. The first-order chi connectivity index (χ1) is 6.06. The number of hydrogen-bond acceptors (Lipinski definition) is 2. The molecule has 0 bridgehead atoms. The summed E-state index contributed by atoms with van der Waals surface area (Å²) in [6, 6.07) is 3.27. The first-order valence-corrected chi connectivity index (χ1v) is 4.60. The van der Waals surface area contributed by atoms with Crippen LogP contribution >= 0.6 is 23.2 Å². The predicted octanol–water partition coefficient (Wildman–Crippen LogP) is 3.02. The van der Waals surface area contributed by atoms with Crippen LogP contribution in [-0.2, 0) is 0 Å². The fourth-order valence-corrected chi connectivity index (χ4v) is 1.62. The van der Waals surface area contributed by atoms with E-state index in [1.165, 1.54) is 0 Å². The molecule has 1 rings (SSSR count). The van der Waals surface area contributed by atoms with Gasteiger partial charge in [0.1, 0.15) is 5.75 Å². The Morgan fingerprint density at radius 1 is 1.31 bits per heavy atom. The van der Waals surface area contributed by atoms with Crippen LogP contribution in [0.5, 0.6) is 5.75 Å². The van der Waals surface area contributed by atoms with Crippen molar-refractivity contribution in [1.29, 1.82) is 0 Å². The minimum Gasteiger partial charge on any atom is -0.495 e. The normalized spacial score (nSPS) is 12.7. The van der Waals surface area contributed by atoms with Crippen molar-refractivity contribution >= 4 is 23.2 Å². The molecule has 0 fully saturated rings. The summed E-state index contributed by atoms with van der Waals surface area (Å²) in [5.74, 6) is 0.566. The highest BCUT2D eigenvalue weighted by atomic mass is 35.5. The number of halogens is 2. The number of nitrogens with two attached hydrogens (primary N) is 1. The Hall–Kier alpha value is -0.440. The van der Waals surface area contributed by atoms with E-state index in [0.29, 0.717) is 15.8 Å². The Morgan fingerprint density at radius 2 is 1.92 bits per heavy atom. The molecule has 0 radical (unpaired) electrons. The molecule has 0 aliphatic rings. The maximum atomic E-state index is 5.96. The monoisotopic (exact) mass is 219 g/mol. The lowest BCUT2D eigenvalue weighted by Gasteiger charge is -2.11. The Labute approximate surface area is 87.6 Å². The van der Waals surface area contributed by atoms with Crippen LogP contribution < -0.4 is 10.5 Å². The van der Waals surface area contributed by atoms with Crippen molar-refractivity contribution < 1.29 is 4.74 Å². The van der Waals surface area contributed by atoms with Gasteiger partial charge >= 0.3 is 0 Å². The maximum Gasteiger partial charge on any atom is 0.138 e. The van der Waals surface area contributed by atoms with E-state index in [1.807, 2.05) is 6.92 Å². The van der Waals surface area contributed by atoms with Gasteiger partial charge in [0.05, 0.1) is 12.1 Å². The molecule has 2 nitrogen and oxygen atoms in total. The van der Waals surface area contributed by atoms with E-state index in [4.69, 9.17) is 33.7 Å². The summed E-state index contributed by atoms with van der Waals surface area (Å²) in [6.45, 7) is 1.85. The average molecular weight is 220 g/mol. The molecule has 0 aromatic heterocycles. The lowest BCUT2D eigenvalue weighted by molar-refractivity contribution is 0.415. The van der Waals surface area contributed by atoms with Crippen molar-refractivity contribution in [2.45, 2.75) is 13.0 Å². The molecular weight excluding hydrogens is 209 g/mol. The molecule has 2 N–H and O–H groups in total. The third kappa shape index (κ3) is 2.27. The highest BCUT2D eigenvalue weighted by Crippen LogP contribution is 2.32. The van der Waals surface area contributed by atoms with E-state index in [1.54, 1.807) is 19.2 Å². The number of ether oxygens (including phenoxy) is 1. The van der Waals surface area contributed by atoms with Crippen LogP contribution in [0.15, 0.2) is 12.1 Å². The molecule has 72 valence electrons. The fourth-order valence-electron chi connectivity index (χ4n) is 1.05. The lowest BCUT2D eigenvalue weighted by Crippen LogP contribution is -2.05. The van der Waals surface area contributed by atoms with Crippen molar-refractivity contribution in [2.75, 3.05) is 7.11 Å². The van der Waals surface area contributed by atoms with Gasteiger partial charge in [0.2, 0.25) is 0 Å². The summed E-state index contributed by atoms with van der Waals surface area (Å²) >= 11 is 11.9. The van der Waals surface area contributed by atoms with E-state index in [2.05, 4.69) is 0 Å². The second kappa shape index (κ2) is 4.18. The highest BCUT2D eigenvalue weighted by molar-refractivity contribution is 6.34. The van der Waals surface area contributed by atoms with E-state index >= 15 is 0 Å². The Morgan fingerprint density at radius 3 is 2.38 bits per heavy atom. The quantitative estimate of drug-likeness (QED) is 0.831. The van der Waals surface area contributed by atoms with Crippen molar-refractivity contribution in [1.82, 2.24) is 0 Å². The zero-order valence-corrected chi connectivity index (χ0v) is 8.99. The Balaban J connectivity index is 3.20. The van der Waals surface area contributed by atoms with Crippen molar-refractivity contribution in [3.63, 3.8) is 0 Å². The van der Waals surface area contributed by atoms with Gasteiger partial charge in [-0.1, -0.05) is 23.2 Å². The van der Waals surface area contributed by atoms with Gasteiger partial charge in [-0.15, -0.1) is 0 Å². The van der Waals surface area contributed by atoms with Crippen LogP contribution in [0, 0.1) is 0 Å². The zero-order chi connectivity index (χ0) is 10.0. The average Bonchev–Trinajstić information content (AvgIpc) is 2.07. The number of methoxy groups -OCH3 is 1. The standard InChI is InChI=1S/C9H11Cl2NO/c1-5(12)6-3-8(11)9(13-2)4-7(6)10/h3-5H,12H2,1-2H3. The van der Waals surface area contributed by atoms with Gasteiger partial charge in [0.15, 0.2) is 0 Å². The number of rotatable bonds is 2. The zero-order valence-electron chi connectivity index (χ0n) is 7.47. The predicted molar refractivity (Wildman–Crippen MR) is 55.6 cm³/mol. The van der Waals surface area contributed by atoms with Gasteiger partial charge in [-0.3, -0.25) is 0 Å². The minimum absolute atomic E-state index is 0.129. The third-order valence-electron chi connectivity index (χ3n) is 1.76. The van der Waals surface area contributed by atoms with E-state index in [0.717, 1.165) is 5.56 Å². The smallest absolute Gasteiger partial charge is 0.138 e. The maximum absolute atomic E-state index is 5.96. The molecule has 4 heteroatoms. The summed E-state index contributed by atoms with van der Waals surface area (Å²) in [4.78, 5) is 0. The van der Waals surface area contributed by atoms with E-state index in [-0.39, 0.29) is 6.04 Å². The Bertz CT molecular complexity index is 313. The van der Waals surface area contributed by atoms with Gasteiger partial charge in [0, 0.05) is 17.1 Å². The summed E-state index contributed by atoms with van der Waals surface area (Å²) in [7, 11) is 1.54. The van der Waals surface area contributed by atoms with Gasteiger partial charge < -0.3 is 10.5 Å². The second-order valence-electron chi connectivity index (χ2n) is 2.80. The van der Waals surface area contributed by atoms with Crippen molar-refractivity contribution in [3.8, 4) is 5.75 Å². The van der Waals surface area contributed by atoms with Crippen LogP contribution in [0.25, 0.3) is 0 Å². The minimum atomic E-state index is -0.129. The largest absolute Gasteiger partial charge is 0.495 e. The van der Waals surface area contributed by atoms with Crippen molar-refractivity contribution in [2.24, 2.45) is 5.73 Å². The molecule has 0 amide bonds. The van der Waals surface area contributed by atoms with Crippen molar-refractivity contribution in [3.05, 3.63) is 27.7 Å². The first kappa shape index (κ1) is 10.6. The number of hydrogen-bond donors (Lipinski definition) is 1. The molecule has 0 spiro atoms. The summed E-state index contributed by atoms with van der Waals surface area (Å²) < 4.78 is 5.00. The molecule has 13 heavy (non-hydrogen) atoms. The van der Waals surface area contributed by atoms with Gasteiger partial charge in [-0.2, -0.15) is 0 Å². The van der Waals surface area contributed by atoms with Gasteiger partial charge in [-0.05, 0) is 18.6 Å². The molecular formula is C9H11Cl2NO. The molecule has 1 atom stereocenters. The fraction of sp³-hybridized carbons (Fsp3) is 0.333. The molecule has 1 aromatic rings. The number of benzene rings is 1. The van der Waals surface area contributed by atoms with Gasteiger partial charge in [0.25, 0.3) is 0 Å². The third-order valence-corrected chi connectivity index (χ3v) is 2.38. The van der Waals surface area contributed by atoms with E-state index in [9.17, 15) is 0 Å². The van der Waals surface area contributed by atoms with Crippen LogP contribution in [0.4, 0.5) is 0 Å². The highest BCUT2D eigenvalue weighted by Gasteiger charge is 2.10. The SMILES string of the molecule is COc1cc(Cl)c(C(C)N)cc1Cl. The lowest BCUT2D eigenvalue weighted by atomic mass is 10.1. The first-order valence-electron chi connectivity index (χ1n) is 3.84. The molecule has 0 aliphatic heterocycles. The molecule has 0 aliphatic carbocycles. The van der Waals surface area contributed by atoms with Crippen LogP contribution in [0.3, 0.4) is 0 Å². The Kier molecular flexibility index (Phi) is 3.42. The van der Waals surface area contributed by atoms with Gasteiger partial charge in [-0.25, -0.2) is 0 Å². The molecule has 1 aromatic carbocycles. The van der Waals surface area contributed by atoms with Crippen LogP contribution in [0.2, 0.25) is 10.0 Å². The van der Waals surface area contributed by atoms with Crippen LogP contribution in [0.1, 0.15) is 18.5 Å². The topological polar surface area (TPSA) is 35.2 Å². The van der Waals surface area contributed by atoms with E-state index < -0.39 is 0 Å². The molecule has 0 saturated carbocycles. The summed E-state index contributed by atoms with van der Waals surface area (Å²) in [6.07, 6.45) is 0. The molecule has 0 saturated heterocycles. The molecule has 1 unspecified atom stereocenters. The second-order valence-corrected chi connectivity index (χ2v) is 3.61. The summed E-state index contributed by atoms with van der Waals surface area (Å²) in [5, 5.41) is 1.11. The van der Waals surface area contributed by atoms with Crippen LogP contribution in [-0.4, -0.2) is 7.11 Å².